The molecule has 0 saturated carbocycles. The molecule has 0 N–H and O–H groups in total. The van der Waals surface area contributed by atoms with Gasteiger partial charge in [0.2, 0.25) is 10.2 Å². The monoisotopic (exact) mass is 282 g/mol. The largest absolute Gasteiger partial charge is 0.282 e. The third-order valence-corrected chi connectivity index (χ3v) is 4.43. The molecule has 0 aliphatic carbocycles. The van der Waals surface area contributed by atoms with Crippen LogP contribution in [-0.4, -0.2) is 21.7 Å². The zero-order valence-electron chi connectivity index (χ0n) is 10.8. The van der Waals surface area contributed by atoms with Gasteiger partial charge in [-0.05, 0) is 18.9 Å². The maximum atomic E-state index is 11.8. The van der Waals surface area contributed by atoms with Crippen LogP contribution in [0.2, 0.25) is 0 Å². The van der Waals surface area contributed by atoms with E-state index in [0.29, 0.717) is 11.1 Å². The molecule has 1 aromatic carbocycles. The highest BCUT2D eigenvalue weighted by atomic mass is 32.2. The Bertz CT molecular complexity index is 381. The lowest BCUT2D eigenvalue weighted by Gasteiger charge is -2.03. The molecule has 0 bridgehead atoms. The molecule has 0 aliphatic heterocycles. The molecule has 0 amide bonds. The molecule has 1 aromatic rings. The topological polar surface area (TPSA) is 34.1 Å². The number of benzene rings is 1. The van der Waals surface area contributed by atoms with Gasteiger partial charge in [0.1, 0.15) is 0 Å². The summed E-state index contributed by atoms with van der Waals surface area (Å²) in [6.07, 6.45) is 1.95. The molecule has 98 valence electrons. The van der Waals surface area contributed by atoms with Crippen LogP contribution in [-0.2, 0) is 0 Å². The molecule has 0 atom stereocenters. The third-order valence-electron chi connectivity index (χ3n) is 2.21. The summed E-state index contributed by atoms with van der Waals surface area (Å²) >= 11 is 2.62. The quantitative estimate of drug-likeness (QED) is 0.781. The Kier molecular flexibility index (Phi) is 7.13. The first kappa shape index (κ1) is 15.3. The average Bonchev–Trinajstić information content (AvgIpc) is 2.42. The highest BCUT2D eigenvalue weighted by Crippen LogP contribution is 2.18. The van der Waals surface area contributed by atoms with Crippen LogP contribution in [0.25, 0.3) is 0 Å². The minimum absolute atomic E-state index is 0.0481. The normalized spacial score (nSPS) is 10.3. The molecule has 0 aromatic heterocycles. The molecule has 0 heterocycles. The Morgan fingerprint density at radius 1 is 0.944 bits per heavy atom. The second-order valence-corrected chi connectivity index (χ2v) is 5.99. The zero-order valence-corrected chi connectivity index (χ0v) is 12.4. The van der Waals surface area contributed by atoms with Crippen molar-refractivity contribution in [3.63, 3.8) is 0 Å². The van der Waals surface area contributed by atoms with E-state index >= 15 is 0 Å². The molecule has 0 aliphatic rings. The van der Waals surface area contributed by atoms with Gasteiger partial charge >= 0.3 is 0 Å². The van der Waals surface area contributed by atoms with E-state index in [0.717, 1.165) is 24.3 Å². The fourth-order valence-electron chi connectivity index (χ4n) is 1.33. The fraction of sp³-hybridized carbons (Fsp3) is 0.429. The first-order valence-corrected chi connectivity index (χ1v) is 8.10. The van der Waals surface area contributed by atoms with Crippen molar-refractivity contribution in [3.05, 3.63) is 35.4 Å². The van der Waals surface area contributed by atoms with Crippen LogP contribution in [0.3, 0.4) is 0 Å². The molecule has 18 heavy (non-hydrogen) atoms. The van der Waals surface area contributed by atoms with E-state index in [1.807, 2.05) is 13.8 Å². The Hall–Kier alpha value is -0.740. The lowest BCUT2D eigenvalue weighted by molar-refractivity contribution is 0.108. The van der Waals surface area contributed by atoms with Crippen LogP contribution in [0.1, 0.15) is 47.4 Å². The number of hydrogen-bond acceptors (Lipinski definition) is 4. The summed E-state index contributed by atoms with van der Waals surface area (Å²) in [7, 11) is 0. The van der Waals surface area contributed by atoms with Crippen molar-refractivity contribution in [2.24, 2.45) is 0 Å². The maximum absolute atomic E-state index is 11.8. The molecule has 0 unspecified atom stereocenters. The number of rotatable bonds is 6. The van der Waals surface area contributed by atoms with E-state index in [-0.39, 0.29) is 10.2 Å². The van der Waals surface area contributed by atoms with Crippen molar-refractivity contribution >= 4 is 33.8 Å². The predicted molar refractivity (Wildman–Crippen MR) is 80.6 cm³/mol. The Morgan fingerprint density at radius 2 is 1.39 bits per heavy atom. The van der Waals surface area contributed by atoms with Crippen LogP contribution in [0.5, 0.6) is 0 Å². The van der Waals surface area contributed by atoms with Crippen molar-refractivity contribution in [2.75, 3.05) is 11.5 Å². The van der Waals surface area contributed by atoms with Gasteiger partial charge in [-0.1, -0.05) is 55.6 Å². The molecule has 4 heteroatoms. The molecular formula is C14H18O2S2. The summed E-state index contributed by atoms with van der Waals surface area (Å²) in [6.45, 7) is 4.09. The Morgan fingerprint density at radius 3 is 1.78 bits per heavy atom. The maximum Gasteiger partial charge on any atom is 0.219 e. The van der Waals surface area contributed by atoms with Gasteiger partial charge in [-0.2, -0.15) is 0 Å². The first-order chi connectivity index (χ1) is 8.69. The van der Waals surface area contributed by atoms with E-state index in [1.54, 1.807) is 24.3 Å². The highest BCUT2D eigenvalue weighted by molar-refractivity contribution is 8.14. The molecular weight excluding hydrogens is 264 g/mol. The summed E-state index contributed by atoms with van der Waals surface area (Å²) in [5.41, 5.74) is 1.24. The van der Waals surface area contributed by atoms with Gasteiger partial charge in [0, 0.05) is 22.6 Å². The SMILES string of the molecule is CCCSC(=O)c1cccc(C(=O)SCCC)c1. The van der Waals surface area contributed by atoms with Gasteiger partial charge in [-0.25, -0.2) is 0 Å². The smallest absolute Gasteiger partial charge is 0.219 e. The highest BCUT2D eigenvalue weighted by Gasteiger charge is 2.10. The lowest BCUT2D eigenvalue weighted by Crippen LogP contribution is -1.99. The summed E-state index contributed by atoms with van der Waals surface area (Å²) in [5, 5.41) is 0.0963. The molecule has 1 rings (SSSR count). The predicted octanol–water partition coefficient (Wildman–Crippen LogP) is 4.25. The van der Waals surface area contributed by atoms with E-state index in [9.17, 15) is 9.59 Å². The number of thioether (sulfide) groups is 2. The van der Waals surface area contributed by atoms with Crippen molar-refractivity contribution < 1.29 is 9.59 Å². The van der Waals surface area contributed by atoms with Crippen molar-refractivity contribution in [1.82, 2.24) is 0 Å². The second-order valence-electron chi connectivity index (χ2n) is 3.85. The van der Waals surface area contributed by atoms with Gasteiger partial charge in [0.05, 0.1) is 0 Å². The van der Waals surface area contributed by atoms with Gasteiger partial charge in [0.15, 0.2) is 0 Å². The summed E-state index contributed by atoms with van der Waals surface area (Å²) in [5.74, 6) is 1.64. The molecule has 0 radical (unpaired) electrons. The molecule has 0 fully saturated rings. The lowest BCUT2D eigenvalue weighted by atomic mass is 10.1. The molecule has 0 spiro atoms. The van der Waals surface area contributed by atoms with Crippen molar-refractivity contribution in [3.8, 4) is 0 Å². The van der Waals surface area contributed by atoms with Crippen LogP contribution >= 0.6 is 23.5 Å². The third kappa shape index (κ3) is 4.86. The van der Waals surface area contributed by atoms with Gasteiger partial charge in [0.25, 0.3) is 0 Å². The zero-order chi connectivity index (χ0) is 13.4. The van der Waals surface area contributed by atoms with Crippen molar-refractivity contribution in [2.45, 2.75) is 26.7 Å². The standard InChI is InChI=1S/C14H18O2S2/c1-3-8-17-13(15)11-6-5-7-12(10-11)14(16)18-9-4-2/h5-7,10H,3-4,8-9H2,1-2H3. The van der Waals surface area contributed by atoms with E-state index < -0.39 is 0 Å². The van der Waals surface area contributed by atoms with Gasteiger partial charge in [-0.3, -0.25) is 9.59 Å². The fourth-order valence-corrected chi connectivity index (χ4v) is 2.70. The number of hydrogen-bond donors (Lipinski definition) is 0. The average molecular weight is 282 g/mol. The van der Waals surface area contributed by atoms with Gasteiger partial charge in [-0.15, -0.1) is 0 Å². The minimum Gasteiger partial charge on any atom is -0.282 e. The Balaban J connectivity index is 2.72. The minimum atomic E-state index is 0.0481. The van der Waals surface area contributed by atoms with Crippen LogP contribution in [0.15, 0.2) is 24.3 Å². The van der Waals surface area contributed by atoms with Crippen LogP contribution in [0.4, 0.5) is 0 Å². The van der Waals surface area contributed by atoms with Crippen LogP contribution < -0.4 is 0 Å². The summed E-state index contributed by atoms with van der Waals surface area (Å²) in [4.78, 5) is 23.7. The van der Waals surface area contributed by atoms with E-state index in [1.165, 1.54) is 23.5 Å². The van der Waals surface area contributed by atoms with Crippen LogP contribution in [0, 0.1) is 0 Å². The number of carbonyl (C=O) groups excluding carboxylic acids is 2. The van der Waals surface area contributed by atoms with Gasteiger partial charge < -0.3 is 0 Å². The second kappa shape index (κ2) is 8.38. The van der Waals surface area contributed by atoms with E-state index in [2.05, 4.69) is 0 Å². The Labute approximate surface area is 117 Å². The van der Waals surface area contributed by atoms with Crippen molar-refractivity contribution in [1.29, 1.82) is 0 Å². The first-order valence-electron chi connectivity index (χ1n) is 6.13. The molecule has 0 saturated heterocycles. The number of carbonyl (C=O) groups is 2. The molecule has 2 nitrogen and oxygen atoms in total. The summed E-state index contributed by atoms with van der Waals surface area (Å²) < 4.78 is 0. The van der Waals surface area contributed by atoms with E-state index in [4.69, 9.17) is 0 Å². The summed E-state index contributed by atoms with van der Waals surface area (Å²) in [6, 6.07) is 7.02.